The topological polar surface area (TPSA) is 57.0 Å². The maximum atomic E-state index is 12.8. The molecule has 8 heteroatoms. The first kappa shape index (κ1) is 25.3. The van der Waals surface area contributed by atoms with Gasteiger partial charge in [-0.1, -0.05) is 86.1 Å². The number of para-hydroxylation sites is 1. The van der Waals surface area contributed by atoms with Crippen molar-refractivity contribution in [2.24, 2.45) is 0 Å². The van der Waals surface area contributed by atoms with Crippen LogP contribution in [0.5, 0.6) is 5.75 Å². The largest absolute Gasteiger partial charge is 0.486 e. The summed E-state index contributed by atoms with van der Waals surface area (Å²) in [6, 6.07) is 22.7. The second-order valence-electron chi connectivity index (χ2n) is 8.97. The molecule has 0 saturated heterocycles. The molecule has 0 N–H and O–H groups in total. The van der Waals surface area contributed by atoms with Crippen LogP contribution in [-0.4, -0.2) is 26.3 Å². The van der Waals surface area contributed by atoms with Gasteiger partial charge < -0.3 is 4.74 Å². The van der Waals surface area contributed by atoms with Crippen molar-refractivity contribution in [1.29, 1.82) is 0 Å². The molecule has 0 spiro atoms. The Kier molecular flexibility index (Phi) is 7.85. The van der Waals surface area contributed by atoms with Gasteiger partial charge in [-0.25, -0.2) is 0 Å². The molecule has 0 unspecified atom stereocenters. The number of rotatable bonds is 8. The predicted octanol–water partition coefficient (Wildman–Crippen LogP) is 7.43. The summed E-state index contributed by atoms with van der Waals surface area (Å²) in [6.45, 7) is 6.76. The molecule has 1 heterocycles. The van der Waals surface area contributed by atoms with E-state index in [2.05, 4.69) is 43.1 Å². The molecule has 0 aliphatic carbocycles. The predicted molar refractivity (Wildman–Crippen MR) is 142 cm³/mol. The van der Waals surface area contributed by atoms with Gasteiger partial charge in [0.05, 0.1) is 15.8 Å². The summed E-state index contributed by atoms with van der Waals surface area (Å²) >= 11 is 13.4. The van der Waals surface area contributed by atoms with Gasteiger partial charge in [0.2, 0.25) is 0 Å². The molecule has 0 saturated carbocycles. The van der Waals surface area contributed by atoms with Crippen LogP contribution in [0.3, 0.4) is 0 Å². The Morgan fingerprint density at radius 2 is 1.66 bits per heavy atom. The first-order valence-electron chi connectivity index (χ1n) is 11.1. The van der Waals surface area contributed by atoms with Crippen molar-refractivity contribution >= 4 is 40.7 Å². The van der Waals surface area contributed by atoms with Crippen molar-refractivity contribution < 1.29 is 9.53 Å². The Hall–Kier alpha value is -2.80. The van der Waals surface area contributed by atoms with Gasteiger partial charge in [-0.3, -0.25) is 9.36 Å². The molecule has 180 valence electrons. The summed E-state index contributed by atoms with van der Waals surface area (Å²) in [7, 11) is 0. The van der Waals surface area contributed by atoms with E-state index >= 15 is 0 Å². The lowest BCUT2D eigenvalue weighted by Crippen LogP contribution is -2.12. The highest BCUT2D eigenvalue weighted by Crippen LogP contribution is 2.28. The molecule has 1 aromatic heterocycles. The number of thioether (sulfide) groups is 1. The van der Waals surface area contributed by atoms with Crippen LogP contribution in [0.1, 0.15) is 42.5 Å². The summed E-state index contributed by atoms with van der Waals surface area (Å²) in [5.74, 6) is 1.49. The van der Waals surface area contributed by atoms with E-state index in [0.29, 0.717) is 26.6 Å². The average molecular weight is 526 g/mol. The molecule has 4 rings (SSSR count). The van der Waals surface area contributed by atoms with E-state index in [4.69, 9.17) is 27.9 Å². The fourth-order valence-corrected chi connectivity index (χ4v) is 4.57. The number of aromatic nitrogens is 3. The van der Waals surface area contributed by atoms with Gasteiger partial charge in [0, 0.05) is 11.3 Å². The fourth-order valence-electron chi connectivity index (χ4n) is 3.40. The third-order valence-electron chi connectivity index (χ3n) is 5.38. The van der Waals surface area contributed by atoms with Crippen molar-refractivity contribution in [3.63, 3.8) is 0 Å². The molecule has 4 aromatic rings. The van der Waals surface area contributed by atoms with Gasteiger partial charge >= 0.3 is 0 Å². The van der Waals surface area contributed by atoms with Crippen molar-refractivity contribution in [2.75, 3.05) is 5.75 Å². The van der Waals surface area contributed by atoms with Crippen LogP contribution in [0.25, 0.3) is 5.69 Å². The van der Waals surface area contributed by atoms with Crippen LogP contribution < -0.4 is 4.74 Å². The SMILES string of the molecule is CC(C)(C)c1ccc(-n2c(COc3ccccc3)nnc2SCC(=O)c2ccc(Cl)c(Cl)c2)cc1. The Morgan fingerprint density at radius 3 is 2.31 bits per heavy atom. The number of ketones is 1. The third-order valence-corrected chi connectivity index (χ3v) is 7.04. The Bertz CT molecular complexity index is 1320. The maximum Gasteiger partial charge on any atom is 0.196 e. The highest BCUT2D eigenvalue weighted by atomic mass is 35.5. The quantitative estimate of drug-likeness (QED) is 0.177. The van der Waals surface area contributed by atoms with Crippen LogP contribution in [0, 0.1) is 0 Å². The minimum absolute atomic E-state index is 0.0365. The van der Waals surface area contributed by atoms with E-state index in [1.165, 1.54) is 17.3 Å². The highest BCUT2D eigenvalue weighted by molar-refractivity contribution is 7.99. The van der Waals surface area contributed by atoms with E-state index in [-0.39, 0.29) is 23.6 Å². The van der Waals surface area contributed by atoms with Gasteiger partial charge in [0.25, 0.3) is 0 Å². The molecule has 3 aromatic carbocycles. The Balaban J connectivity index is 1.60. The van der Waals surface area contributed by atoms with E-state index in [0.717, 1.165) is 11.4 Å². The van der Waals surface area contributed by atoms with Gasteiger partial charge in [-0.2, -0.15) is 0 Å². The van der Waals surface area contributed by atoms with Gasteiger partial charge in [-0.05, 0) is 53.4 Å². The lowest BCUT2D eigenvalue weighted by atomic mass is 9.87. The summed E-state index contributed by atoms with van der Waals surface area (Å²) < 4.78 is 7.87. The second-order valence-corrected chi connectivity index (χ2v) is 10.7. The standard InChI is InChI=1S/C27H25Cl2N3O2S/c1-27(2,3)19-10-12-20(13-11-19)32-25(16-34-21-7-5-4-6-8-21)30-31-26(32)35-17-24(33)18-9-14-22(28)23(29)15-18/h4-15H,16-17H2,1-3H3. The van der Waals surface area contributed by atoms with Crippen LogP contribution in [0.4, 0.5) is 0 Å². The number of halogens is 2. The number of ether oxygens (including phenoxy) is 1. The second kappa shape index (κ2) is 10.9. The third kappa shape index (κ3) is 6.26. The number of carbonyl (C=O) groups excluding carboxylic acids is 1. The first-order valence-corrected chi connectivity index (χ1v) is 12.8. The molecule has 0 aliphatic heterocycles. The van der Waals surface area contributed by atoms with Crippen LogP contribution in [-0.2, 0) is 12.0 Å². The lowest BCUT2D eigenvalue weighted by Gasteiger charge is -2.19. The Morgan fingerprint density at radius 1 is 0.943 bits per heavy atom. The molecule has 0 bridgehead atoms. The van der Waals surface area contributed by atoms with Gasteiger partial charge in [0.15, 0.2) is 16.8 Å². The van der Waals surface area contributed by atoms with Crippen molar-refractivity contribution in [1.82, 2.24) is 14.8 Å². The molecule has 0 fully saturated rings. The number of benzene rings is 3. The summed E-state index contributed by atoms with van der Waals surface area (Å²) in [6.07, 6.45) is 0. The minimum Gasteiger partial charge on any atom is -0.486 e. The number of hydrogen-bond acceptors (Lipinski definition) is 5. The minimum atomic E-state index is -0.0757. The summed E-state index contributed by atoms with van der Waals surface area (Å²) in [5.41, 5.74) is 2.66. The fraction of sp³-hybridized carbons (Fsp3) is 0.222. The zero-order valence-corrected chi connectivity index (χ0v) is 22.0. The zero-order valence-electron chi connectivity index (χ0n) is 19.7. The van der Waals surface area contributed by atoms with Crippen molar-refractivity contribution in [3.8, 4) is 11.4 Å². The molecule has 5 nitrogen and oxygen atoms in total. The lowest BCUT2D eigenvalue weighted by molar-refractivity contribution is 0.102. The van der Waals surface area contributed by atoms with E-state index in [9.17, 15) is 4.79 Å². The number of nitrogens with zero attached hydrogens (tertiary/aromatic N) is 3. The summed E-state index contributed by atoms with van der Waals surface area (Å²) in [4.78, 5) is 12.8. The smallest absolute Gasteiger partial charge is 0.196 e. The molecule has 0 atom stereocenters. The van der Waals surface area contributed by atoms with E-state index in [1.807, 2.05) is 47.0 Å². The number of Topliss-reactive ketones (excluding diaryl/α,β-unsaturated/α-hetero) is 1. The van der Waals surface area contributed by atoms with Crippen molar-refractivity contribution in [2.45, 2.75) is 37.9 Å². The monoisotopic (exact) mass is 525 g/mol. The van der Waals surface area contributed by atoms with E-state index in [1.54, 1.807) is 18.2 Å². The summed E-state index contributed by atoms with van der Waals surface area (Å²) in [5, 5.41) is 10.1. The molecular formula is C27H25Cl2N3O2S. The van der Waals surface area contributed by atoms with Gasteiger partial charge in [0.1, 0.15) is 12.4 Å². The average Bonchev–Trinajstić information content (AvgIpc) is 3.26. The van der Waals surface area contributed by atoms with Crippen LogP contribution in [0.2, 0.25) is 10.0 Å². The molecule has 0 aliphatic rings. The van der Waals surface area contributed by atoms with Crippen molar-refractivity contribution in [3.05, 3.63) is 99.8 Å². The Labute approximate surface area is 219 Å². The zero-order chi connectivity index (χ0) is 25.0. The number of carbonyl (C=O) groups is 1. The van der Waals surface area contributed by atoms with Gasteiger partial charge in [-0.15, -0.1) is 10.2 Å². The molecular weight excluding hydrogens is 501 g/mol. The maximum absolute atomic E-state index is 12.8. The molecule has 0 radical (unpaired) electrons. The van der Waals surface area contributed by atoms with E-state index < -0.39 is 0 Å². The first-order chi connectivity index (χ1) is 16.7. The van der Waals surface area contributed by atoms with Crippen LogP contribution >= 0.6 is 35.0 Å². The highest BCUT2D eigenvalue weighted by Gasteiger charge is 2.19. The molecule has 0 amide bonds. The number of hydrogen-bond donors (Lipinski definition) is 0. The van der Waals surface area contributed by atoms with Crippen LogP contribution in [0.15, 0.2) is 78.0 Å². The molecule has 35 heavy (non-hydrogen) atoms. The normalized spacial score (nSPS) is 11.5.